The number of carbonyl (C=O) groups excluding carboxylic acids is 3. The van der Waals surface area contributed by atoms with E-state index in [1.165, 1.54) is 186 Å². The second-order valence-electron chi connectivity index (χ2n) is 19.5. The Hall–Kier alpha value is -1.59. The zero-order valence-electron chi connectivity index (χ0n) is 41.1. The van der Waals surface area contributed by atoms with Gasteiger partial charge in [0.15, 0.2) is 6.10 Å². The van der Waals surface area contributed by atoms with Gasteiger partial charge in [-0.2, -0.15) is 0 Å². The van der Waals surface area contributed by atoms with Gasteiger partial charge < -0.3 is 14.2 Å². The van der Waals surface area contributed by atoms with Crippen molar-refractivity contribution in [1.29, 1.82) is 0 Å². The molecule has 0 aromatic heterocycles. The summed E-state index contributed by atoms with van der Waals surface area (Å²) in [6.45, 7) is 11.4. The SMILES string of the molecule is CCCCCCCCCCCCCCCCCC(=O)OC[C@H](COC(=O)CCCCCCCCCCCCCCC(C)C)OC(=O)CCCCCCCCCCCC(C)C. The Morgan fingerprint density at radius 2 is 0.550 bits per heavy atom. The van der Waals surface area contributed by atoms with Gasteiger partial charge in [0.2, 0.25) is 0 Å². The molecule has 0 amide bonds. The van der Waals surface area contributed by atoms with Crippen molar-refractivity contribution < 1.29 is 28.6 Å². The molecule has 0 aromatic carbocycles. The zero-order chi connectivity index (χ0) is 44.0. The van der Waals surface area contributed by atoms with E-state index in [-0.39, 0.29) is 31.1 Å². The number of rotatable bonds is 48. The molecule has 0 spiro atoms. The molecular weight excluding hydrogens is 745 g/mol. The highest BCUT2D eigenvalue weighted by Gasteiger charge is 2.19. The number of ether oxygens (including phenoxy) is 3. The smallest absolute Gasteiger partial charge is 0.306 e. The molecule has 0 heterocycles. The highest BCUT2D eigenvalue weighted by molar-refractivity contribution is 5.71. The Morgan fingerprint density at radius 1 is 0.317 bits per heavy atom. The van der Waals surface area contributed by atoms with Crippen molar-refractivity contribution in [3.8, 4) is 0 Å². The van der Waals surface area contributed by atoms with E-state index in [9.17, 15) is 14.4 Å². The maximum absolute atomic E-state index is 12.8. The summed E-state index contributed by atoms with van der Waals surface area (Å²) in [4.78, 5) is 38.0. The first-order valence-corrected chi connectivity index (χ1v) is 26.7. The molecule has 6 heteroatoms. The first-order valence-electron chi connectivity index (χ1n) is 26.7. The molecule has 0 saturated heterocycles. The van der Waals surface area contributed by atoms with Gasteiger partial charge >= 0.3 is 17.9 Å². The fourth-order valence-electron chi connectivity index (χ4n) is 8.17. The number of esters is 3. The lowest BCUT2D eigenvalue weighted by molar-refractivity contribution is -0.167. The summed E-state index contributed by atoms with van der Waals surface area (Å²) in [5, 5.41) is 0. The third kappa shape index (κ3) is 47.5. The summed E-state index contributed by atoms with van der Waals surface area (Å²) in [5.41, 5.74) is 0. The summed E-state index contributed by atoms with van der Waals surface area (Å²) in [6.07, 6.45) is 48.0. The lowest BCUT2D eigenvalue weighted by Crippen LogP contribution is -2.30. The van der Waals surface area contributed by atoms with E-state index in [2.05, 4.69) is 34.6 Å². The molecule has 0 bridgehead atoms. The topological polar surface area (TPSA) is 78.9 Å². The zero-order valence-corrected chi connectivity index (χ0v) is 41.1. The molecule has 0 fully saturated rings. The average molecular weight is 849 g/mol. The Kier molecular flexibility index (Phi) is 45.7. The molecule has 0 aliphatic heterocycles. The van der Waals surface area contributed by atoms with Gasteiger partial charge in [0, 0.05) is 19.3 Å². The normalized spacial score (nSPS) is 12.1. The van der Waals surface area contributed by atoms with E-state index in [1.807, 2.05) is 0 Å². The first kappa shape index (κ1) is 58.4. The molecule has 0 aromatic rings. The van der Waals surface area contributed by atoms with Gasteiger partial charge in [-0.3, -0.25) is 14.4 Å². The van der Waals surface area contributed by atoms with Crippen molar-refractivity contribution in [3.05, 3.63) is 0 Å². The van der Waals surface area contributed by atoms with Gasteiger partial charge in [0.1, 0.15) is 13.2 Å². The van der Waals surface area contributed by atoms with Crippen LogP contribution in [-0.2, 0) is 28.6 Å². The second-order valence-corrected chi connectivity index (χ2v) is 19.5. The van der Waals surface area contributed by atoms with Crippen LogP contribution in [0, 0.1) is 11.8 Å². The van der Waals surface area contributed by atoms with Crippen LogP contribution in [0.1, 0.15) is 298 Å². The molecule has 0 radical (unpaired) electrons. The van der Waals surface area contributed by atoms with Crippen LogP contribution in [0.4, 0.5) is 0 Å². The number of unbranched alkanes of at least 4 members (excludes halogenated alkanes) is 33. The van der Waals surface area contributed by atoms with Gasteiger partial charge in [-0.25, -0.2) is 0 Å². The van der Waals surface area contributed by atoms with Gasteiger partial charge in [-0.05, 0) is 31.1 Å². The van der Waals surface area contributed by atoms with Crippen molar-refractivity contribution in [2.45, 2.75) is 304 Å². The van der Waals surface area contributed by atoms with Gasteiger partial charge in [-0.15, -0.1) is 0 Å². The van der Waals surface area contributed by atoms with E-state index in [1.54, 1.807) is 0 Å². The highest BCUT2D eigenvalue weighted by Crippen LogP contribution is 2.17. The predicted octanol–water partition coefficient (Wildman–Crippen LogP) is 17.3. The molecule has 0 aliphatic rings. The van der Waals surface area contributed by atoms with Crippen molar-refractivity contribution in [3.63, 3.8) is 0 Å². The van der Waals surface area contributed by atoms with Crippen LogP contribution in [0.15, 0.2) is 0 Å². The summed E-state index contributed by atoms with van der Waals surface area (Å²) in [7, 11) is 0. The molecule has 0 aliphatic carbocycles. The largest absolute Gasteiger partial charge is 0.462 e. The van der Waals surface area contributed by atoms with Crippen LogP contribution in [0.2, 0.25) is 0 Å². The maximum Gasteiger partial charge on any atom is 0.306 e. The quantitative estimate of drug-likeness (QED) is 0.0345. The first-order chi connectivity index (χ1) is 29.2. The van der Waals surface area contributed by atoms with E-state index in [0.29, 0.717) is 19.3 Å². The summed E-state index contributed by atoms with van der Waals surface area (Å²) < 4.78 is 16.8. The fraction of sp³-hybridized carbons (Fsp3) is 0.944. The molecule has 60 heavy (non-hydrogen) atoms. The van der Waals surface area contributed by atoms with E-state index in [0.717, 1.165) is 69.6 Å². The van der Waals surface area contributed by atoms with Crippen LogP contribution >= 0.6 is 0 Å². The van der Waals surface area contributed by atoms with E-state index in [4.69, 9.17) is 14.2 Å². The van der Waals surface area contributed by atoms with Gasteiger partial charge in [0.05, 0.1) is 0 Å². The minimum Gasteiger partial charge on any atom is -0.462 e. The number of hydrogen-bond donors (Lipinski definition) is 0. The highest BCUT2D eigenvalue weighted by atomic mass is 16.6. The summed E-state index contributed by atoms with van der Waals surface area (Å²) in [5.74, 6) is 0.793. The Morgan fingerprint density at radius 3 is 0.817 bits per heavy atom. The number of carbonyl (C=O) groups is 3. The Bertz CT molecular complexity index is 916. The average Bonchev–Trinajstić information content (AvgIpc) is 3.22. The molecule has 1 atom stereocenters. The molecule has 6 nitrogen and oxygen atoms in total. The van der Waals surface area contributed by atoms with Crippen LogP contribution in [0.5, 0.6) is 0 Å². The second kappa shape index (κ2) is 46.9. The molecule has 0 saturated carbocycles. The molecule has 356 valence electrons. The van der Waals surface area contributed by atoms with E-state index < -0.39 is 6.10 Å². The lowest BCUT2D eigenvalue weighted by Gasteiger charge is -2.18. The minimum atomic E-state index is -0.762. The summed E-state index contributed by atoms with van der Waals surface area (Å²) >= 11 is 0. The monoisotopic (exact) mass is 849 g/mol. The predicted molar refractivity (Wildman–Crippen MR) is 256 cm³/mol. The minimum absolute atomic E-state index is 0.0636. The van der Waals surface area contributed by atoms with Crippen LogP contribution in [0.3, 0.4) is 0 Å². The Balaban J connectivity index is 4.30. The molecular formula is C54H104O6. The van der Waals surface area contributed by atoms with E-state index >= 15 is 0 Å². The molecule has 0 N–H and O–H groups in total. The number of hydrogen-bond acceptors (Lipinski definition) is 6. The van der Waals surface area contributed by atoms with Crippen LogP contribution in [0.25, 0.3) is 0 Å². The van der Waals surface area contributed by atoms with Crippen molar-refractivity contribution in [1.82, 2.24) is 0 Å². The molecule has 0 rings (SSSR count). The third-order valence-corrected chi connectivity index (χ3v) is 12.2. The lowest BCUT2D eigenvalue weighted by atomic mass is 10.0. The standard InChI is InChI=1S/C54H104O6/c1-6-7-8-9-10-11-12-13-14-15-19-24-29-34-39-44-52(55)58-47-51(60-54(57)46-41-36-31-26-21-23-28-33-38-43-50(4)5)48-59-53(56)45-40-35-30-25-20-17-16-18-22-27-32-37-42-49(2)3/h49-51H,6-48H2,1-5H3/t51-/m1/s1. The van der Waals surface area contributed by atoms with Crippen LogP contribution < -0.4 is 0 Å². The van der Waals surface area contributed by atoms with Crippen molar-refractivity contribution in [2.75, 3.05) is 13.2 Å². The third-order valence-electron chi connectivity index (χ3n) is 12.2. The van der Waals surface area contributed by atoms with Crippen molar-refractivity contribution >= 4 is 17.9 Å². The summed E-state index contributed by atoms with van der Waals surface area (Å²) in [6, 6.07) is 0. The van der Waals surface area contributed by atoms with Gasteiger partial charge in [0.25, 0.3) is 0 Å². The maximum atomic E-state index is 12.8. The van der Waals surface area contributed by atoms with Gasteiger partial charge in [-0.1, -0.05) is 259 Å². The Labute approximate surface area is 374 Å². The van der Waals surface area contributed by atoms with Crippen molar-refractivity contribution in [2.24, 2.45) is 11.8 Å². The fourth-order valence-corrected chi connectivity index (χ4v) is 8.17. The van der Waals surface area contributed by atoms with Crippen LogP contribution in [-0.4, -0.2) is 37.2 Å². The molecule has 0 unspecified atom stereocenters.